The molecule has 15 rings (SSSR count). The first kappa shape index (κ1) is 53.4. The van der Waals surface area contributed by atoms with Crippen molar-refractivity contribution in [3.05, 3.63) is 327 Å². The Morgan fingerprint density at radius 3 is 1.02 bits per heavy atom. The van der Waals surface area contributed by atoms with Gasteiger partial charge in [-0.3, -0.25) is 0 Å². The molecule has 2 aliphatic heterocycles. The van der Waals surface area contributed by atoms with Gasteiger partial charge in [-0.15, -0.1) is 0 Å². The van der Waals surface area contributed by atoms with Crippen LogP contribution in [0.2, 0.25) is 0 Å². The minimum atomic E-state index is -0.229. The fourth-order valence-corrected chi connectivity index (χ4v) is 14.4. The number of hydrogen-bond acceptors (Lipinski definition) is 4. The second-order valence-corrected chi connectivity index (χ2v) is 24.7. The molecule has 0 bridgehead atoms. The van der Waals surface area contributed by atoms with E-state index in [1.807, 2.05) is 11.8 Å². The molecule has 0 aliphatic carbocycles. The molecule has 0 N–H and O–H groups in total. The zero-order valence-corrected chi connectivity index (χ0v) is 49.7. The van der Waals surface area contributed by atoms with Crippen LogP contribution in [0.3, 0.4) is 0 Å². The monoisotopic (exact) mass is 1130 g/mol. The standard InChI is InChI=1S/C82H62BN3S/c1-82(2,3)63-51-74-80-76(52-63)87-77-56-69(85(66-45-27-11-28-46-66)67-47-29-12-30-48-67)54-71(59-35-17-6-18-36-59)79(77)83(80)78-70(58-33-15-5-16-34-58)53-68(84(64-41-23-9-24-42-64)65-43-25-10-26-44-65)55-75(78)86(74)81-72(60-37-19-7-20-38-60)49-62(57-31-13-4-14-32-57)50-73(81)61-39-21-8-22-40-61/h4-56H,1-3H3. The van der Waals surface area contributed by atoms with Crippen molar-refractivity contribution in [3.63, 3.8) is 0 Å². The molecule has 0 saturated carbocycles. The molecule has 2 aliphatic rings. The van der Waals surface area contributed by atoms with Gasteiger partial charge in [-0.25, -0.2) is 0 Å². The van der Waals surface area contributed by atoms with Crippen LogP contribution < -0.4 is 31.1 Å². The number of hydrogen-bond donors (Lipinski definition) is 0. The zero-order chi connectivity index (χ0) is 58.4. The van der Waals surface area contributed by atoms with Crippen LogP contribution in [0, 0.1) is 0 Å². The Balaban J connectivity index is 1.13. The largest absolute Gasteiger partial charge is 0.310 e. The first-order valence-electron chi connectivity index (χ1n) is 30.1. The molecule has 2 heterocycles. The van der Waals surface area contributed by atoms with Gasteiger partial charge >= 0.3 is 0 Å². The van der Waals surface area contributed by atoms with Crippen LogP contribution in [0.15, 0.2) is 331 Å². The van der Waals surface area contributed by atoms with Crippen LogP contribution in [-0.2, 0) is 5.41 Å². The Labute approximate surface area is 516 Å². The highest BCUT2D eigenvalue weighted by atomic mass is 32.2. The van der Waals surface area contributed by atoms with E-state index in [2.05, 4.69) is 357 Å². The van der Waals surface area contributed by atoms with Crippen LogP contribution in [0.5, 0.6) is 0 Å². The highest BCUT2D eigenvalue weighted by Gasteiger charge is 2.46. The molecule has 0 aromatic heterocycles. The summed E-state index contributed by atoms with van der Waals surface area (Å²) in [6.45, 7) is 6.88. The van der Waals surface area contributed by atoms with Gasteiger partial charge < -0.3 is 14.7 Å². The van der Waals surface area contributed by atoms with Gasteiger partial charge in [0.05, 0.1) is 5.69 Å². The van der Waals surface area contributed by atoms with E-state index in [4.69, 9.17) is 0 Å². The van der Waals surface area contributed by atoms with Crippen molar-refractivity contribution in [1.29, 1.82) is 0 Å². The quantitative estimate of drug-likeness (QED) is 0.113. The summed E-state index contributed by atoms with van der Waals surface area (Å²) < 4.78 is 0. The molecule has 0 unspecified atom stereocenters. The second kappa shape index (κ2) is 22.6. The summed E-state index contributed by atoms with van der Waals surface area (Å²) in [5.74, 6) is 0. The normalized spacial score (nSPS) is 12.2. The van der Waals surface area contributed by atoms with Gasteiger partial charge in [0, 0.05) is 66.4 Å². The Morgan fingerprint density at radius 2 is 0.621 bits per heavy atom. The van der Waals surface area contributed by atoms with Crippen LogP contribution in [0.1, 0.15) is 26.3 Å². The minimum Gasteiger partial charge on any atom is -0.310 e. The maximum absolute atomic E-state index is 2.71. The lowest BCUT2D eigenvalue weighted by atomic mass is 9.33. The number of anilines is 9. The van der Waals surface area contributed by atoms with E-state index in [0.29, 0.717) is 0 Å². The van der Waals surface area contributed by atoms with E-state index in [1.165, 1.54) is 59.7 Å². The molecule has 0 fully saturated rings. The molecular formula is C82H62BN3S. The highest BCUT2D eigenvalue weighted by molar-refractivity contribution is 8.00. The maximum Gasteiger partial charge on any atom is 0.251 e. The Kier molecular flexibility index (Phi) is 13.9. The number of rotatable bonds is 12. The molecule has 0 atom stereocenters. The lowest BCUT2D eigenvalue weighted by Crippen LogP contribution is -2.61. The predicted molar refractivity (Wildman–Crippen MR) is 372 cm³/mol. The van der Waals surface area contributed by atoms with Gasteiger partial charge in [-0.1, -0.05) is 257 Å². The molecule has 13 aromatic carbocycles. The third-order valence-electron chi connectivity index (χ3n) is 17.2. The van der Waals surface area contributed by atoms with Crippen molar-refractivity contribution >= 4 is 86.0 Å². The Bertz CT molecular complexity index is 4460. The number of benzene rings is 13. The first-order chi connectivity index (χ1) is 42.8. The molecule has 0 saturated heterocycles. The summed E-state index contributed by atoms with van der Waals surface area (Å²) in [7, 11) is 0. The third kappa shape index (κ3) is 9.90. The van der Waals surface area contributed by atoms with Gasteiger partial charge in [-0.2, -0.15) is 0 Å². The van der Waals surface area contributed by atoms with Gasteiger partial charge in [0.15, 0.2) is 0 Å². The molecule has 87 heavy (non-hydrogen) atoms. The average Bonchev–Trinajstić information content (AvgIpc) is 0.945. The fraction of sp³-hybridized carbons (Fsp3) is 0.0488. The number of fused-ring (bicyclic) bond motifs is 4. The Hall–Kier alpha value is -10.3. The summed E-state index contributed by atoms with van der Waals surface area (Å²) in [5.41, 5.74) is 26.4. The predicted octanol–water partition coefficient (Wildman–Crippen LogP) is 21.0. The molecular weight excluding hydrogens is 1070 g/mol. The van der Waals surface area contributed by atoms with Crippen LogP contribution in [0.4, 0.5) is 51.2 Å². The average molecular weight is 1130 g/mol. The van der Waals surface area contributed by atoms with Crippen molar-refractivity contribution in [1.82, 2.24) is 0 Å². The van der Waals surface area contributed by atoms with Gasteiger partial charge in [0.2, 0.25) is 0 Å². The molecule has 414 valence electrons. The van der Waals surface area contributed by atoms with Gasteiger partial charge in [0.25, 0.3) is 6.71 Å². The second-order valence-electron chi connectivity index (χ2n) is 23.6. The van der Waals surface area contributed by atoms with Crippen LogP contribution in [-0.4, -0.2) is 6.71 Å². The van der Waals surface area contributed by atoms with Gasteiger partial charge in [0.1, 0.15) is 0 Å². The molecule has 0 spiro atoms. The summed E-state index contributed by atoms with van der Waals surface area (Å²) in [6.07, 6.45) is 0. The first-order valence-corrected chi connectivity index (χ1v) is 30.9. The van der Waals surface area contributed by atoms with Crippen molar-refractivity contribution in [3.8, 4) is 55.6 Å². The SMILES string of the molecule is CC(C)(C)c1cc2c3c(c1)N(c1c(-c4ccccc4)cc(-c4ccccc4)cc1-c1ccccc1)c1cc(N(c4ccccc4)c4ccccc4)cc(-c4ccccc4)c1B3c1c(cc(N(c3ccccc3)c3ccccc3)cc1-c1ccccc1)S2. The van der Waals surface area contributed by atoms with Crippen molar-refractivity contribution in [2.75, 3.05) is 14.7 Å². The highest BCUT2D eigenvalue weighted by Crippen LogP contribution is 2.54. The molecule has 3 nitrogen and oxygen atoms in total. The summed E-state index contributed by atoms with van der Waals surface area (Å²) in [6, 6.07) is 119. The third-order valence-corrected chi connectivity index (χ3v) is 18.3. The molecule has 5 heteroatoms. The molecule has 13 aromatic rings. The van der Waals surface area contributed by atoms with E-state index in [1.54, 1.807) is 0 Å². The lowest BCUT2D eigenvalue weighted by molar-refractivity contribution is 0.589. The van der Waals surface area contributed by atoms with Crippen LogP contribution >= 0.6 is 11.8 Å². The number of para-hydroxylation sites is 4. The smallest absolute Gasteiger partial charge is 0.251 e. The minimum absolute atomic E-state index is 0.224. The Morgan fingerprint density at radius 1 is 0.287 bits per heavy atom. The van der Waals surface area contributed by atoms with E-state index >= 15 is 0 Å². The van der Waals surface area contributed by atoms with E-state index in [0.717, 1.165) is 78.9 Å². The number of nitrogens with zero attached hydrogens (tertiary/aromatic N) is 3. The molecule has 0 radical (unpaired) electrons. The van der Waals surface area contributed by atoms with E-state index < -0.39 is 0 Å². The van der Waals surface area contributed by atoms with Crippen molar-refractivity contribution in [2.45, 2.75) is 36.0 Å². The summed E-state index contributed by atoms with van der Waals surface area (Å²) >= 11 is 1.93. The lowest BCUT2D eigenvalue weighted by Gasteiger charge is -2.44. The molecule has 0 amide bonds. The van der Waals surface area contributed by atoms with E-state index in [9.17, 15) is 0 Å². The van der Waals surface area contributed by atoms with Gasteiger partial charge in [-0.05, 0) is 169 Å². The van der Waals surface area contributed by atoms with Crippen molar-refractivity contribution < 1.29 is 0 Å². The topological polar surface area (TPSA) is 9.72 Å². The van der Waals surface area contributed by atoms with Crippen molar-refractivity contribution in [2.24, 2.45) is 0 Å². The fourth-order valence-electron chi connectivity index (χ4n) is 13.2. The maximum atomic E-state index is 2.71. The van der Waals surface area contributed by atoms with Crippen LogP contribution in [0.25, 0.3) is 55.6 Å². The summed E-state index contributed by atoms with van der Waals surface area (Å²) in [5, 5.41) is 0. The zero-order valence-electron chi connectivity index (χ0n) is 48.9. The van der Waals surface area contributed by atoms with E-state index in [-0.39, 0.29) is 12.1 Å². The summed E-state index contributed by atoms with van der Waals surface area (Å²) in [4.78, 5) is 10.1.